The van der Waals surface area contributed by atoms with Crippen molar-refractivity contribution in [2.45, 2.75) is 0 Å². The van der Waals surface area contributed by atoms with Crippen molar-refractivity contribution in [2.75, 3.05) is 36.5 Å². The van der Waals surface area contributed by atoms with Crippen molar-refractivity contribution in [3.05, 3.63) is 35.6 Å². The van der Waals surface area contributed by atoms with Gasteiger partial charge in [-0.1, -0.05) is 0 Å². The van der Waals surface area contributed by atoms with Gasteiger partial charge in [0.25, 0.3) is 5.91 Å². The number of morpholine rings is 1. The topological polar surface area (TPSA) is 93.1 Å². The number of amides is 1. The number of thiazole rings is 1. The third-order valence-electron chi connectivity index (χ3n) is 3.67. The van der Waals surface area contributed by atoms with E-state index in [0.717, 1.165) is 18.8 Å². The number of benzene rings is 1. The standard InChI is InChI=1S/C15H14N6O2S/c22-14(18-15-16-3-8-24-15)13-17-12-9-10(1-2-11(12)19-20-13)21-4-6-23-7-5-21/h1-3,8-9H,4-7H2,(H,16,18,22). The Balaban J connectivity index is 1.62. The average molecular weight is 342 g/mol. The van der Waals surface area contributed by atoms with E-state index < -0.39 is 5.91 Å². The van der Waals surface area contributed by atoms with Crippen LogP contribution < -0.4 is 10.2 Å². The van der Waals surface area contributed by atoms with Crippen LogP contribution in [0.25, 0.3) is 11.0 Å². The van der Waals surface area contributed by atoms with Gasteiger partial charge in [-0.3, -0.25) is 10.1 Å². The SMILES string of the molecule is O=C(Nc1nccs1)c1nnc2ccc(N3CCOCC3)cc2n1. The van der Waals surface area contributed by atoms with Crippen molar-refractivity contribution >= 4 is 39.1 Å². The first-order valence-electron chi connectivity index (χ1n) is 7.47. The number of ether oxygens (including phenoxy) is 1. The molecule has 0 spiro atoms. The molecular weight excluding hydrogens is 328 g/mol. The van der Waals surface area contributed by atoms with Crippen LogP contribution >= 0.6 is 11.3 Å². The van der Waals surface area contributed by atoms with Crippen molar-refractivity contribution in [3.63, 3.8) is 0 Å². The molecule has 3 aromatic rings. The Kier molecular flexibility index (Phi) is 4.01. The van der Waals surface area contributed by atoms with Crippen LogP contribution in [0.5, 0.6) is 0 Å². The first-order chi connectivity index (χ1) is 11.8. The van der Waals surface area contributed by atoms with Crippen LogP contribution in [0.4, 0.5) is 10.8 Å². The number of nitrogens with zero attached hydrogens (tertiary/aromatic N) is 5. The monoisotopic (exact) mass is 342 g/mol. The van der Waals surface area contributed by atoms with Crippen LogP contribution in [0.15, 0.2) is 29.8 Å². The molecule has 2 aromatic heterocycles. The van der Waals surface area contributed by atoms with E-state index >= 15 is 0 Å². The third-order valence-corrected chi connectivity index (χ3v) is 4.36. The number of fused-ring (bicyclic) bond motifs is 1. The molecule has 0 bridgehead atoms. The van der Waals surface area contributed by atoms with Gasteiger partial charge in [-0.2, -0.15) is 0 Å². The van der Waals surface area contributed by atoms with Gasteiger partial charge in [0.1, 0.15) is 5.52 Å². The normalized spacial score (nSPS) is 14.8. The van der Waals surface area contributed by atoms with E-state index in [2.05, 4.69) is 30.4 Å². The van der Waals surface area contributed by atoms with Crippen LogP contribution in [-0.2, 0) is 4.74 Å². The van der Waals surface area contributed by atoms with Crippen LogP contribution in [0.3, 0.4) is 0 Å². The zero-order valence-corrected chi connectivity index (χ0v) is 13.5. The first-order valence-corrected chi connectivity index (χ1v) is 8.35. The van der Waals surface area contributed by atoms with Gasteiger partial charge >= 0.3 is 0 Å². The zero-order valence-electron chi connectivity index (χ0n) is 12.7. The van der Waals surface area contributed by atoms with Crippen LogP contribution in [0.2, 0.25) is 0 Å². The van der Waals surface area contributed by atoms with Gasteiger partial charge in [0.2, 0.25) is 5.82 Å². The lowest BCUT2D eigenvalue weighted by Crippen LogP contribution is -2.36. The molecule has 1 aromatic carbocycles. The van der Waals surface area contributed by atoms with Crippen LogP contribution in [0.1, 0.15) is 10.6 Å². The highest BCUT2D eigenvalue weighted by Crippen LogP contribution is 2.20. The Labute approximate surface area is 141 Å². The maximum absolute atomic E-state index is 12.2. The molecule has 24 heavy (non-hydrogen) atoms. The first kappa shape index (κ1) is 14.9. The summed E-state index contributed by atoms with van der Waals surface area (Å²) in [5.41, 5.74) is 2.33. The molecule has 1 aliphatic rings. The Morgan fingerprint density at radius 1 is 1.21 bits per heavy atom. The minimum absolute atomic E-state index is 0.0248. The molecule has 0 radical (unpaired) electrons. The highest BCUT2D eigenvalue weighted by Gasteiger charge is 2.15. The number of carbonyl (C=O) groups is 1. The number of hydrogen-bond acceptors (Lipinski definition) is 8. The second kappa shape index (κ2) is 6.46. The van der Waals surface area contributed by atoms with Crippen molar-refractivity contribution < 1.29 is 9.53 Å². The highest BCUT2D eigenvalue weighted by atomic mass is 32.1. The summed E-state index contributed by atoms with van der Waals surface area (Å²) in [4.78, 5) is 22.8. The lowest BCUT2D eigenvalue weighted by Gasteiger charge is -2.28. The molecule has 1 aliphatic heterocycles. The van der Waals surface area contributed by atoms with Gasteiger partial charge in [0, 0.05) is 30.4 Å². The molecule has 1 saturated heterocycles. The summed E-state index contributed by atoms with van der Waals surface area (Å²) in [7, 11) is 0. The summed E-state index contributed by atoms with van der Waals surface area (Å²) in [5.74, 6) is -0.395. The number of hydrogen-bond donors (Lipinski definition) is 1. The van der Waals surface area contributed by atoms with E-state index in [4.69, 9.17) is 4.74 Å². The van der Waals surface area contributed by atoms with E-state index in [9.17, 15) is 4.79 Å². The Morgan fingerprint density at radius 3 is 2.88 bits per heavy atom. The maximum atomic E-state index is 12.2. The number of carbonyl (C=O) groups excluding carboxylic acids is 1. The van der Waals surface area contributed by atoms with E-state index in [-0.39, 0.29) is 5.82 Å². The van der Waals surface area contributed by atoms with E-state index in [1.165, 1.54) is 11.3 Å². The molecule has 3 heterocycles. The predicted molar refractivity (Wildman–Crippen MR) is 90.4 cm³/mol. The zero-order chi connectivity index (χ0) is 16.4. The highest BCUT2D eigenvalue weighted by molar-refractivity contribution is 7.13. The number of anilines is 2. The van der Waals surface area contributed by atoms with E-state index in [0.29, 0.717) is 29.4 Å². The van der Waals surface area contributed by atoms with Crippen molar-refractivity contribution in [2.24, 2.45) is 0 Å². The van der Waals surface area contributed by atoms with Gasteiger partial charge in [-0.05, 0) is 18.2 Å². The number of nitrogens with one attached hydrogen (secondary N) is 1. The molecule has 1 amide bonds. The summed E-state index contributed by atoms with van der Waals surface area (Å²) in [6, 6.07) is 5.78. The van der Waals surface area contributed by atoms with Gasteiger partial charge in [0.15, 0.2) is 5.13 Å². The van der Waals surface area contributed by atoms with Crippen molar-refractivity contribution in [1.29, 1.82) is 0 Å². The fourth-order valence-electron chi connectivity index (χ4n) is 2.48. The smallest absolute Gasteiger partial charge is 0.297 e. The molecule has 0 unspecified atom stereocenters. The summed E-state index contributed by atoms with van der Waals surface area (Å²) < 4.78 is 5.37. The molecule has 0 saturated carbocycles. The molecule has 4 rings (SSSR count). The average Bonchev–Trinajstić information content (AvgIpc) is 3.14. The van der Waals surface area contributed by atoms with Crippen LogP contribution in [-0.4, -0.2) is 52.4 Å². The van der Waals surface area contributed by atoms with E-state index in [1.54, 1.807) is 11.6 Å². The predicted octanol–water partition coefficient (Wildman–Crippen LogP) is 1.57. The minimum atomic E-state index is -0.420. The molecule has 0 atom stereocenters. The number of rotatable bonds is 3. The summed E-state index contributed by atoms with van der Waals surface area (Å²) in [6.07, 6.45) is 1.62. The Bertz CT molecular complexity index is 864. The lowest BCUT2D eigenvalue weighted by molar-refractivity contribution is 0.101. The molecule has 1 fully saturated rings. The van der Waals surface area contributed by atoms with Crippen LogP contribution in [0, 0.1) is 0 Å². The largest absolute Gasteiger partial charge is 0.378 e. The van der Waals surface area contributed by atoms with E-state index in [1.807, 2.05) is 18.2 Å². The molecule has 0 aliphatic carbocycles. The lowest BCUT2D eigenvalue weighted by atomic mass is 10.2. The van der Waals surface area contributed by atoms with Gasteiger partial charge in [0.05, 0.1) is 18.7 Å². The molecule has 9 heteroatoms. The van der Waals surface area contributed by atoms with Crippen molar-refractivity contribution in [1.82, 2.24) is 20.2 Å². The van der Waals surface area contributed by atoms with Gasteiger partial charge in [-0.15, -0.1) is 21.5 Å². The molecular formula is C15H14N6O2S. The number of aromatic nitrogens is 4. The maximum Gasteiger partial charge on any atom is 0.297 e. The second-order valence-electron chi connectivity index (χ2n) is 5.20. The molecule has 122 valence electrons. The summed E-state index contributed by atoms with van der Waals surface area (Å²) in [6.45, 7) is 3.09. The Morgan fingerprint density at radius 2 is 2.08 bits per heavy atom. The minimum Gasteiger partial charge on any atom is -0.378 e. The molecule has 1 N–H and O–H groups in total. The fraction of sp³-hybridized carbons (Fsp3) is 0.267. The third kappa shape index (κ3) is 3.03. The quantitative estimate of drug-likeness (QED) is 0.772. The van der Waals surface area contributed by atoms with Gasteiger partial charge in [-0.25, -0.2) is 9.97 Å². The second-order valence-corrected chi connectivity index (χ2v) is 6.09. The van der Waals surface area contributed by atoms with Crippen molar-refractivity contribution in [3.8, 4) is 0 Å². The summed E-state index contributed by atoms with van der Waals surface area (Å²) in [5, 5.41) is 12.9. The summed E-state index contributed by atoms with van der Waals surface area (Å²) >= 11 is 1.33. The fourth-order valence-corrected chi connectivity index (χ4v) is 3.00. The van der Waals surface area contributed by atoms with Gasteiger partial charge < -0.3 is 9.64 Å². The Hall–Kier alpha value is -2.65. The molecule has 8 nitrogen and oxygen atoms in total.